The summed E-state index contributed by atoms with van der Waals surface area (Å²) in [4.78, 5) is 13.8. The largest absolute Gasteiger partial charge is 0.393 e. The van der Waals surface area contributed by atoms with Gasteiger partial charge in [-0.2, -0.15) is 0 Å². The van der Waals surface area contributed by atoms with Crippen molar-refractivity contribution >= 4 is 5.78 Å². The summed E-state index contributed by atoms with van der Waals surface area (Å²) in [6, 6.07) is 1.01. The van der Waals surface area contributed by atoms with Crippen LogP contribution >= 0.6 is 0 Å². The Hall–Kier alpha value is -0.410. The average Bonchev–Trinajstić information content (AvgIpc) is 2.04. The standard InChI is InChI=1S/C10H15NO2/c12-9-3-7-1-6-2-8(4-9)11(7)5-10(6)13/h6-9,12H,1-5H2. The summed E-state index contributed by atoms with van der Waals surface area (Å²) in [7, 11) is 0. The number of hydrogen-bond donors (Lipinski definition) is 1. The Morgan fingerprint density at radius 3 is 2.31 bits per heavy atom. The molecule has 0 aromatic carbocycles. The predicted octanol–water partition coefficient (Wildman–Crippen LogP) is 0.173. The fraction of sp³-hybridized carbons (Fsp3) is 0.900. The number of carbonyl (C=O) groups excluding carboxylic acids is 1. The van der Waals surface area contributed by atoms with Crippen LogP contribution in [0.15, 0.2) is 0 Å². The van der Waals surface area contributed by atoms with Gasteiger partial charge in [0.2, 0.25) is 0 Å². The molecular weight excluding hydrogens is 166 g/mol. The van der Waals surface area contributed by atoms with Gasteiger partial charge in [0.25, 0.3) is 0 Å². The molecule has 4 aliphatic heterocycles. The smallest absolute Gasteiger partial charge is 0.150 e. The lowest BCUT2D eigenvalue weighted by atomic mass is 9.72. The van der Waals surface area contributed by atoms with Gasteiger partial charge in [0.15, 0.2) is 0 Å². The van der Waals surface area contributed by atoms with E-state index in [1.807, 2.05) is 0 Å². The Morgan fingerprint density at radius 1 is 1.15 bits per heavy atom. The number of hydrogen-bond acceptors (Lipinski definition) is 3. The molecule has 4 bridgehead atoms. The Balaban J connectivity index is 1.87. The number of aliphatic hydroxyl groups is 1. The Labute approximate surface area is 77.7 Å². The van der Waals surface area contributed by atoms with Gasteiger partial charge in [0.1, 0.15) is 5.78 Å². The number of fused-ring (bicyclic) bond motifs is 1. The van der Waals surface area contributed by atoms with Gasteiger partial charge >= 0.3 is 0 Å². The van der Waals surface area contributed by atoms with Crippen molar-refractivity contribution in [2.24, 2.45) is 5.92 Å². The van der Waals surface area contributed by atoms with E-state index < -0.39 is 0 Å². The molecule has 0 spiro atoms. The van der Waals surface area contributed by atoms with Crippen LogP contribution in [0.1, 0.15) is 25.7 Å². The van der Waals surface area contributed by atoms with E-state index in [2.05, 4.69) is 4.90 Å². The molecule has 3 heteroatoms. The maximum Gasteiger partial charge on any atom is 0.150 e. The molecule has 4 rings (SSSR count). The minimum Gasteiger partial charge on any atom is -0.393 e. The first-order valence-corrected chi connectivity index (χ1v) is 5.20. The number of ketones is 1. The number of carbonyl (C=O) groups is 1. The third-order valence-electron chi connectivity index (χ3n) is 3.93. The molecular formula is C10H15NO2. The Bertz CT molecular complexity index is 237. The molecule has 4 heterocycles. The van der Waals surface area contributed by atoms with Crippen LogP contribution in [-0.4, -0.2) is 40.5 Å². The molecule has 72 valence electrons. The van der Waals surface area contributed by atoms with Gasteiger partial charge in [-0.3, -0.25) is 9.69 Å². The van der Waals surface area contributed by atoms with E-state index in [0.717, 1.165) is 25.7 Å². The zero-order valence-corrected chi connectivity index (χ0v) is 7.65. The van der Waals surface area contributed by atoms with Crippen LogP contribution in [0, 0.1) is 5.92 Å². The van der Waals surface area contributed by atoms with E-state index in [9.17, 15) is 9.90 Å². The average molecular weight is 181 g/mol. The molecule has 2 atom stereocenters. The molecule has 4 saturated heterocycles. The lowest BCUT2D eigenvalue weighted by molar-refractivity contribution is -0.144. The van der Waals surface area contributed by atoms with Crippen LogP contribution < -0.4 is 0 Å². The van der Waals surface area contributed by atoms with Gasteiger partial charge in [-0.15, -0.1) is 0 Å². The SMILES string of the molecule is O=C1CN2C3CC(O)CC2CC1C3. The minimum absolute atomic E-state index is 0.111. The van der Waals surface area contributed by atoms with E-state index in [1.54, 1.807) is 0 Å². The molecule has 3 nitrogen and oxygen atoms in total. The van der Waals surface area contributed by atoms with E-state index in [-0.39, 0.29) is 6.10 Å². The fourth-order valence-corrected chi connectivity index (χ4v) is 3.34. The highest BCUT2D eigenvalue weighted by Crippen LogP contribution is 2.41. The summed E-state index contributed by atoms with van der Waals surface area (Å²) >= 11 is 0. The third-order valence-corrected chi connectivity index (χ3v) is 3.93. The molecule has 0 aromatic rings. The van der Waals surface area contributed by atoms with Crippen LogP contribution in [0.3, 0.4) is 0 Å². The predicted molar refractivity (Wildman–Crippen MR) is 47.3 cm³/mol. The highest BCUT2D eigenvalue weighted by atomic mass is 16.3. The van der Waals surface area contributed by atoms with Gasteiger partial charge in [-0.1, -0.05) is 0 Å². The van der Waals surface area contributed by atoms with E-state index in [1.165, 1.54) is 0 Å². The van der Waals surface area contributed by atoms with Crippen LogP contribution in [0.5, 0.6) is 0 Å². The van der Waals surface area contributed by atoms with Crippen molar-refractivity contribution < 1.29 is 9.90 Å². The first-order chi connectivity index (χ1) is 6.24. The van der Waals surface area contributed by atoms with Crippen molar-refractivity contribution in [1.29, 1.82) is 0 Å². The highest BCUT2D eigenvalue weighted by Gasteiger charge is 2.48. The van der Waals surface area contributed by atoms with E-state index in [4.69, 9.17) is 0 Å². The van der Waals surface area contributed by atoms with Crippen LogP contribution in [-0.2, 0) is 4.79 Å². The first kappa shape index (κ1) is 7.94. The minimum atomic E-state index is -0.111. The summed E-state index contributed by atoms with van der Waals surface area (Å²) in [5.41, 5.74) is 0. The number of nitrogens with zero attached hydrogens (tertiary/aromatic N) is 1. The quantitative estimate of drug-likeness (QED) is 0.579. The summed E-state index contributed by atoms with van der Waals surface area (Å²) in [5, 5.41) is 9.60. The summed E-state index contributed by atoms with van der Waals surface area (Å²) in [5.74, 6) is 0.761. The lowest BCUT2D eigenvalue weighted by Crippen LogP contribution is -2.62. The summed E-state index contributed by atoms with van der Waals surface area (Å²) < 4.78 is 0. The second kappa shape index (κ2) is 2.55. The number of aliphatic hydroxyl groups excluding tert-OH is 1. The maximum absolute atomic E-state index is 11.5. The number of Topliss-reactive ketones (excluding diaryl/α,β-unsaturated/α-hetero) is 1. The van der Waals surface area contributed by atoms with Crippen LogP contribution in [0.4, 0.5) is 0 Å². The van der Waals surface area contributed by atoms with Gasteiger partial charge in [0.05, 0.1) is 12.6 Å². The first-order valence-electron chi connectivity index (χ1n) is 5.20. The molecule has 1 N–H and O–H groups in total. The van der Waals surface area contributed by atoms with Gasteiger partial charge in [0, 0.05) is 18.0 Å². The Morgan fingerprint density at radius 2 is 1.77 bits per heavy atom. The molecule has 2 unspecified atom stereocenters. The normalized spacial score (nSPS) is 53.9. The molecule has 13 heavy (non-hydrogen) atoms. The third kappa shape index (κ3) is 1.07. The summed E-state index contributed by atoms with van der Waals surface area (Å²) in [6.45, 7) is 0.659. The number of piperidine rings is 4. The molecule has 0 saturated carbocycles. The number of rotatable bonds is 0. The zero-order valence-electron chi connectivity index (χ0n) is 7.65. The lowest BCUT2D eigenvalue weighted by Gasteiger charge is -2.53. The van der Waals surface area contributed by atoms with Crippen molar-refractivity contribution in [2.75, 3.05) is 6.54 Å². The molecule has 0 aliphatic carbocycles. The fourth-order valence-electron chi connectivity index (χ4n) is 3.34. The molecule has 4 aliphatic rings. The topological polar surface area (TPSA) is 40.5 Å². The van der Waals surface area contributed by atoms with E-state index in [0.29, 0.717) is 30.3 Å². The molecule has 0 amide bonds. The highest BCUT2D eigenvalue weighted by molar-refractivity contribution is 5.84. The van der Waals surface area contributed by atoms with Crippen LogP contribution in [0.25, 0.3) is 0 Å². The van der Waals surface area contributed by atoms with Crippen molar-refractivity contribution in [3.8, 4) is 0 Å². The van der Waals surface area contributed by atoms with Crippen molar-refractivity contribution in [1.82, 2.24) is 4.90 Å². The second-order valence-electron chi connectivity index (χ2n) is 4.74. The van der Waals surface area contributed by atoms with Gasteiger partial charge < -0.3 is 5.11 Å². The van der Waals surface area contributed by atoms with E-state index >= 15 is 0 Å². The second-order valence-corrected chi connectivity index (χ2v) is 4.74. The molecule has 4 fully saturated rings. The zero-order chi connectivity index (χ0) is 9.00. The Kier molecular flexibility index (Phi) is 1.56. The summed E-state index contributed by atoms with van der Waals surface area (Å²) in [6.07, 6.45) is 3.68. The van der Waals surface area contributed by atoms with Crippen molar-refractivity contribution in [2.45, 2.75) is 43.9 Å². The molecule has 0 aromatic heterocycles. The van der Waals surface area contributed by atoms with Crippen molar-refractivity contribution in [3.05, 3.63) is 0 Å². The molecule has 0 radical (unpaired) electrons. The monoisotopic (exact) mass is 181 g/mol. The van der Waals surface area contributed by atoms with Crippen LogP contribution in [0.2, 0.25) is 0 Å². The van der Waals surface area contributed by atoms with Crippen molar-refractivity contribution in [3.63, 3.8) is 0 Å². The van der Waals surface area contributed by atoms with Gasteiger partial charge in [-0.25, -0.2) is 0 Å². The maximum atomic E-state index is 11.5. The van der Waals surface area contributed by atoms with Gasteiger partial charge in [-0.05, 0) is 25.7 Å².